The number of hydrogen-bond acceptors (Lipinski definition) is 3. The first kappa shape index (κ1) is 9.55. The summed E-state index contributed by atoms with van der Waals surface area (Å²) in [5.41, 5.74) is 0. The van der Waals surface area contributed by atoms with E-state index in [0.717, 1.165) is 32.1 Å². The lowest BCUT2D eigenvalue weighted by Gasteiger charge is -2.22. The molecule has 12 heavy (non-hydrogen) atoms. The molecule has 0 aromatic rings. The van der Waals surface area contributed by atoms with E-state index in [4.69, 9.17) is 14.6 Å². The van der Waals surface area contributed by atoms with Gasteiger partial charge >= 0.3 is 0 Å². The second kappa shape index (κ2) is 6.03. The average Bonchev–Trinajstić information content (AvgIpc) is 2.14. The third-order valence-corrected chi connectivity index (χ3v) is 1.83. The van der Waals surface area contributed by atoms with E-state index in [1.54, 1.807) is 6.08 Å². The fourth-order valence-electron chi connectivity index (χ4n) is 1.18. The van der Waals surface area contributed by atoms with Crippen LogP contribution in [0.5, 0.6) is 0 Å². The van der Waals surface area contributed by atoms with Gasteiger partial charge in [-0.1, -0.05) is 0 Å². The van der Waals surface area contributed by atoms with E-state index < -0.39 is 0 Å². The normalized spacial score (nSPS) is 24.8. The molecule has 3 nitrogen and oxygen atoms in total. The molecule has 0 spiro atoms. The van der Waals surface area contributed by atoms with Gasteiger partial charge in [0, 0.05) is 6.61 Å². The van der Waals surface area contributed by atoms with E-state index in [0.29, 0.717) is 6.61 Å². The Morgan fingerprint density at radius 2 is 2.42 bits per heavy atom. The quantitative estimate of drug-likeness (QED) is 0.520. The first-order valence-electron chi connectivity index (χ1n) is 4.46. The molecule has 1 aliphatic heterocycles. The molecular formula is C9H16O3. The third-order valence-electron chi connectivity index (χ3n) is 1.83. The lowest BCUT2D eigenvalue weighted by Crippen LogP contribution is -2.22. The summed E-state index contributed by atoms with van der Waals surface area (Å²) in [7, 11) is 0. The van der Waals surface area contributed by atoms with E-state index >= 15 is 0 Å². The van der Waals surface area contributed by atoms with Crippen LogP contribution in [-0.2, 0) is 9.47 Å². The first-order chi connectivity index (χ1) is 5.93. The van der Waals surface area contributed by atoms with Crippen molar-refractivity contribution in [3.8, 4) is 0 Å². The lowest BCUT2D eigenvalue weighted by molar-refractivity contribution is -0.161. The Hall–Kier alpha value is -0.540. The van der Waals surface area contributed by atoms with Gasteiger partial charge in [-0.2, -0.15) is 0 Å². The van der Waals surface area contributed by atoms with E-state index in [2.05, 4.69) is 0 Å². The molecule has 0 radical (unpaired) electrons. The zero-order valence-electron chi connectivity index (χ0n) is 7.24. The van der Waals surface area contributed by atoms with Crippen LogP contribution in [0.4, 0.5) is 0 Å². The molecule has 1 rings (SSSR count). The van der Waals surface area contributed by atoms with Gasteiger partial charge in [-0.3, -0.25) is 0 Å². The fourth-order valence-corrected chi connectivity index (χ4v) is 1.18. The van der Waals surface area contributed by atoms with Crippen LogP contribution in [-0.4, -0.2) is 24.6 Å². The summed E-state index contributed by atoms with van der Waals surface area (Å²) < 4.78 is 10.7. The fraction of sp³-hybridized carbons (Fsp3) is 0.778. The van der Waals surface area contributed by atoms with Crippen molar-refractivity contribution in [2.24, 2.45) is 0 Å². The molecule has 1 saturated heterocycles. The Labute approximate surface area is 73.0 Å². The van der Waals surface area contributed by atoms with Crippen molar-refractivity contribution in [2.45, 2.75) is 32.0 Å². The molecule has 0 aromatic carbocycles. The first-order valence-corrected chi connectivity index (χ1v) is 4.46. The van der Waals surface area contributed by atoms with E-state index in [1.807, 2.05) is 0 Å². The van der Waals surface area contributed by atoms with Crippen LogP contribution < -0.4 is 0 Å². The maximum Gasteiger partial charge on any atom is 0.157 e. The minimum absolute atomic E-state index is 0.00848. The van der Waals surface area contributed by atoms with Gasteiger partial charge in [0.05, 0.1) is 12.9 Å². The lowest BCUT2D eigenvalue weighted by atomic mass is 10.2. The highest BCUT2D eigenvalue weighted by Crippen LogP contribution is 2.13. The maximum atomic E-state index is 8.34. The molecule has 1 N–H and O–H groups in total. The minimum atomic E-state index is -0.00848. The largest absolute Gasteiger partial charge is 0.516 e. The third kappa shape index (κ3) is 3.74. The monoisotopic (exact) mass is 172 g/mol. The highest BCUT2D eigenvalue weighted by molar-refractivity contribution is 4.70. The average molecular weight is 172 g/mol. The minimum Gasteiger partial charge on any atom is -0.516 e. The molecule has 3 heteroatoms. The van der Waals surface area contributed by atoms with Gasteiger partial charge in [-0.15, -0.1) is 0 Å². The molecule has 1 aliphatic rings. The van der Waals surface area contributed by atoms with Crippen LogP contribution >= 0.6 is 0 Å². The van der Waals surface area contributed by atoms with Gasteiger partial charge in [0.2, 0.25) is 0 Å². The molecule has 0 aromatic heterocycles. The van der Waals surface area contributed by atoms with Crippen LogP contribution in [0.15, 0.2) is 12.3 Å². The van der Waals surface area contributed by atoms with Gasteiger partial charge in [0.1, 0.15) is 0 Å². The van der Waals surface area contributed by atoms with E-state index in [9.17, 15) is 0 Å². The molecule has 1 heterocycles. The van der Waals surface area contributed by atoms with Crippen molar-refractivity contribution < 1.29 is 14.6 Å². The predicted molar refractivity (Wildman–Crippen MR) is 45.9 cm³/mol. The topological polar surface area (TPSA) is 38.7 Å². The van der Waals surface area contributed by atoms with Crippen molar-refractivity contribution in [1.29, 1.82) is 0 Å². The molecule has 1 atom stereocenters. The van der Waals surface area contributed by atoms with E-state index in [-0.39, 0.29) is 6.29 Å². The molecule has 0 bridgehead atoms. The van der Waals surface area contributed by atoms with Crippen molar-refractivity contribution in [1.82, 2.24) is 0 Å². The molecule has 1 fully saturated rings. The molecule has 1 unspecified atom stereocenters. The van der Waals surface area contributed by atoms with Gasteiger partial charge in [-0.05, 0) is 31.8 Å². The van der Waals surface area contributed by atoms with Gasteiger partial charge in [-0.25, -0.2) is 0 Å². The maximum absolute atomic E-state index is 8.34. The Kier molecular flexibility index (Phi) is 4.80. The SMILES string of the molecule is OC=CCCOC1CCCCO1. The second-order valence-electron chi connectivity index (χ2n) is 2.84. The van der Waals surface area contributed by atoms with Crippen molar-refractivity contribution in [2.75, 3.05) is 13.2 Å². The predicted octanol–water partition coefficient (Wildman–Crippen LogP) is 1.99. The van der Waals surface area contributed by atoms with Crippen molar-refractivity contribution in [3.05, 3.63) is 12.3 Å². The molecule has 0 amide bonds. The Morgan fingerprint density at radius 1 is 1.50 bits per heavy atom. The van der Waals surface area contributed by atoms with Crippen LogP contribution in [0.25, 0.3) is 0 Å². The molecule has 0 aliphatic carbocycles. The highest BCUT2D eigenvalue weighted by atomic mass is 16.7. The Bertz CT molecular complexity index is 128. The van der Waals surface area contributed by atoms with Gasteiger partial charge in [0.25, 0.3) is 0 Å². The number of aliphatic hydroxyl groups is 1. The summed E-state index contributed by atoms with van der Waals surface area (Å²) in [6.45, 7) is 1.45. The van der Waals surface area contributed by atoms with Crippen molar-refractivity contribution in [3.63, 3.8) is 0 Å². The zero-order chi connectivity index (χ0) is 8.65. The summed E-state index contributed by atoms with van der Waals surface area (Å²) >= 11 is 0. The van der Waals surface area contributed by atoms with Crippen LogP contribution in [0.1, 0.15) is 25.7 Å². The number of ether oxygens (including phenoxy) is 2. The number of aliphatic hydroxyl groups excluding tert-OH is 1. The summed E-state index contributed by atoms with van der Waals surface area (Å²) in [6, 6.07) is 0. The van der Waals surface area contributed by atoms with Crippen LogP contribution in [0, 0.1) is 0 Å². The van der Waals surface area contributed by atoms with Gasteiger partial charge < -0.3 is 14.6 Å². The number of hydrogen-bond donors (Lipinski definition) is 1. The van der Waals surface area contributed by atoms with E-state index in [1.165, 1.54) is 6.42 Å². The number of rotatable bonds is 4. The Morgan fingerprint density at radius 3 is 3.08 bits per heavy atom. The molecule has 0 saturated carbocycles. The Balaban J connectivity index is 1.97. The summed E-state index contributed by atoms with van der Waals surface area (Å²) in [4.78, 5) is 0. The summed E-state index contributed by atoms with van der Waals surface area (Å²) in [5, 5.41) is 8.34. The highest BCUT2D eigenvalue weighted by Gasteiger charge is 2.12. The van der Waals surface area contributed by atoms with Gasteiger partial charge in [0.15, 0.2) is 6.29 Å². The smallest absolute Gasteiger partial charge is 0.157 e. The summed E-state index contributed by atoms with van der Waals surface area (Å²) in [6.07, 6.45) is 6.80. The van der Waals surface area contributed by atoms with Crippen LogP contribution in [0.2, 0.25) is 0 Å². The molecular weight excluding hydrogens is 156 g/mol. The zero-order valence-corrected chi connectivity index (χ0v) is 7.24. The molecule has 70 valence electrons. The van der Waals surface area contributed by atoms with Crippen LogP contribution in [0.3, 0.4) is 0 Å². The summed E-state index contributed by atoms with van der Waals surface area (Å²) in [5.74, 6) is 0. The van der Waals surface area contributed by atoms with Crippen molar-refractivity contribution >= 4 is 0 Å². The standard InChI is InChI=1S/C9H16O3/c10-6-2-4-8-12-9-5-1-3-7-11-9/h2,6,9-10H,1,3-5,7-8H2. The second-order valence-corrected chi connectivity index (χ2v) is 2.84.